The molecule has 0 radical (unpaired) electrons. The lowest BCUT2D eigenvalue weighted by atomic mass is 10.1. The molecule has 1 aliphatic rings. The Kier molecular flexibility index (Phi) is 3.57. The second kappa shape index (κ2) is 5.23. The van der Waals surface area contributed by atoms with Crippen molar-refractivity contribution in [1.82, 2.24) is 19.5 Å². The molecule has 0 aliphatic carbocycles. The van der Waals surface area contributed by atoms with E-state index >= 15 is 0 Å². The molecule has 108 valence electrons. The molecular formula is C11H13ClN4O4. The fraction of sp³-hybridized carbons (Fsp3) is 0.545. The third-order valence-electron chi connectivity index (χ3n) is 3.35. The van der Waals surface area contributed by atoms with Crippen LogP contribution in [0.5, 0.6) is 0 Å². The quantitative estimate of drug-likeness (QED) is 0.753. The summed E-state index contributed by atoms with van der Waals surface area (Å²) >= 11 is 5.94. The zero-order valence-electron chi connectivity index (χ0n) is 10.5. The molecule has 0 spiro atoms. The number of aromatic nitrogens is 4. The second-order valence-corrected chi connectivity index (χ2v) is 4.79. The minimum absolute atomic E-state index is 0.236. The van der Waals surface area contributed by atoms with Crippen LogP contribution in [0.4, 0.5) is 0 Å². The van der Waals surface area contributed by atoms with Crippen LogP contribution in [0.2, 0.25) is 5.15 Å². The van der Waals surface area contributed by atoms with Gasteiger partial charge in [0, 0.05) is 7.11 Å². The van der Waals surface area contributed by atoms with Crippen molar-refractivity contribution >= 4 is 22.8 Å². The lowest BCUT2D eigenvalue weighted by Crippen LogP contribution is -2.34. The number of aliphatic hydroxyl groups is 2. The summed E-state index contributed by atoms with van der Waals surface area (Å²) in [6.07, 6.45) is -0.139. The molecule has 0 amide bonds. The highest BCUT2D eigenvalue weighted by molar-refractivity contribution is 6.33. The zero-order valence-corrected chi connectivity index (χ0v) is 11.3. The van der Waals surface area contributed by atoms with Crippen molar-refractivity contribution in [3.8, 4) is 0 Å². The first-order chi connectivity index (χ1) is 9.67. The Balaban J connectivity index is 2.04. The molecular weight excluding hydrogens is 288 g/mol. The lowest BCUT2D eigenvalue weighted by molar-refractivity contribution is -0.0583. The molecule has 0 bridgehead atoms. The minimum Gasteiger partial charge on any atom is -0.394 e. The van der Waals surface area contributed by atoms with Crippen LogP contribution in [0, 0.1) is 0 Å². The van der Waals surface area contributed by atoms with Crippen molar-refractivity contribution in [3.05, 3.63) is 17.8 Å². The monoisotopic (exact) mass is 300 g/mol. The first-order valence-corrected chi connectivity index (χ1v) is 6.35. The standard InChI is InChI=1S/C11H13ClN4O4/c1-19-8-7(18)5(2-17)20-11(8)16-4-15-6-9(12)13-3-14-10(6)16/h3-5,7-8,11,17-18H,2H2,1H3/t5-,7-,8+,11-/m1/s1. The van der Waals surface area contributed by atoms with Crippen LogP contribution in [-0.4, -0.2) is 61.8 Å². The molecule has 20 heavy (non-hydrogen) atoms. The number of halogens is 1. The first kappa shape index (κ1) is 13.7. The number of ether oxygens (including phenoxy) is 2. The maximum atomic E-state index is 10.0. The molecule has 1 fully saturated rings. The van der Waals surface area contributed by atoms with Crippen molar-refractivity contribution in [2.45, 2.75) is 24.5 Å². The molecule has 2 aromatic heterocycles. The van der Waals surface area contributed by atoms with Gasteiger partial charge in [0.15, 0.2) is 17.0 Å². The van der Waals surface area contributed by atoms with Gasteiger partial charge < -0.3 is 19.7 Å². The summed E-state index contributed by atoms with van der Waals surface area (Å²) in [4.78, 5) is 12.1. The van der Waals surface area contributed by atoms with E-state index in [9.17, 15) is 10.2 Å². The number of fused-ring (bicyclic) bond motifs is 1. The molecule has 1 aliphatic heterocycles. The summed E-state index contributed by atoms with van der Waals surface area (Å²) in [7, 11) is 1.46. The van der Waals surface area contributed by atoms with Crippen LogP contribution in [0.25, 0.3) is 11.2 Å². The summed E-state index contributed by atoms with van der Waals surface area (Å²) in [5, 5.41) is 19.5. The Morgan fingerprint density at radius 3 is 2.95 bits per heavy atom. The normalized spacial score (nSPS) is 30.2. The van der Waals surface area contributed by atoms with E-state index in [4.69, 9.17) is 21.1 Å². The lowest BCUT2D eigenvalue weighted by Gasteiger charge is -2.19. The van der Waals surface area contributed by atoms with Crippen molar-refractivity contribution in [1.29, 1.82) is 0 Å². The molecule has 4 atom stereocenters. The van der Waals surface area contributed by atoms with Crippen molar-refractivity contribution in [2.75, 3.05) is 13.7 Å². The zero-order chi connectivity index (χ0) is 14.3. The predicted molar refractivity (Wildman–Crippen MR) is 68.1 cm³/mol. The van der Waals surface area contributed by atoms with Gasteiger partial charge in [0.25, 0.3) is 0 Å². The van der Waals surface area contributed by atoms with Gasteiger partial charge in [0.1, 0.15) is 30.2 Å². The van der Waals surface area contributed by atoms with Gasteiger partial charge in [-0.2, -0.15) is 0 Å². The van der Waals surface area contributed by atoms with E-state index in [1.807, 2.05) is 0 Å². The van der Waals surface area contributed by atoms with Gasteiger partial charge in [-0.15, -0.1) is 0 Å². The molecule has 3 heterocycles. The van der Waals surface area contributed by atoms with E-state index in [2.05, 4.69) is 15.0 Å². The van der Waals surface area contributed by atoms with Crippen LogP contribution in [0.15, 0.2) is 12.7 Å². The van der Waals surface area contributed by atoms with E-state index in [0.29, 0.717) is 11.2 Å². The van der Waals surface area contributed by atoms with Gasteiger partial charge in [-0.05, 0) is 0 Å². The van der Waals surface area contributed by atoms with E-state index < -0.39 is 24.5 Å². The number of hydrogen-bond donors (Lipinski definition) is 2. The van der Waals surface area contributed by atoms with Crippen LogP contribution in [0.1, 0.15) is 6.23 Å². The van der Waals surface area contributed by atoms with Gasteiger partial charge in [-0.25, -0.2) is 15.0 Å². The Morgan fingerprint density at radius 1 is 1.45 bits per heavy atom. The predicted octanol–water partition coefficient (Wildman–Crippen LogP) is -0.255. The third kappa shape index (κ3) is 1.97. The summed E-state index contributed by atoms with van der Waals surface area (Å²) < 4.78 is 12.5. The van der Waals surface area contributed by atoms with E-state index in [0.717, 1.165) is 0 Å². The summed E-state index contributed by atoms with van der Waals surface area (Å²) in [5.74, 6) is 0. The Bertz CT molecular complexity index is 621. The van der Waals surface area contributed by atoms with Crippen LogP contribution < -0.4 is 0 Å². The fourth-order valence-corrected chi connectivity index (χ4v) is 2.53. The molecule has 1 saturated heterocycles. The number of hydrogen-bond acceptors (Lipinski definition) is 7. The second-order valence-electron chi connectivity index (χ2n) is 4.43. The number of imidazole rings is 1. The van der Waals surface area contributed by atoms with E-state index in [1.165, 1.54) is 19.8 Å². The highest BCUT2D eigenvalue weighted by atomic mass is 35.5. The fourth-order valence-electron chi connectivity index (χ4n) is 2.36. The molecule has 9 heteroatoms. The molecule has 2 aromatic rings. The van der Waals surface area contributed by atoms with Crippen molar-refractivity contribution < 1.29 is 19.7 Å². The number of methoxy groups -OCH3 is 1. The van der Waals surface area contributed by atoms with E-state index in [1.54, 1.807) is 4.57 Å². The van der Waals surface area contributed by atoms with Crippen molar-refractivity contribution in [3.63, 3.8) is 0 Å². The summed E-state index contributed by atoms with van der Waals surface area (Å²) in [6, 6.07) is 0. The van der Waals surface area contributed by atoms with Crippen LogP contribution in [-0.2, 0) is 9.47 Å². The molecule has 8 nitrogen and oxygen atoms in total. The number of rotatable bonds is 3. The maximum Gasteiger partial charge on any atom is 0.167 e. The Morgan fingerprint density at radius 2 is 2.25 bits per heavy atom. The van der Waals surface area contributed by atoms with E-state index in [-0.39, 0.29) is 11.8 Å². The van der Waals surface area contributed by atoms with Gasteiger partial charge in [-0.3, -0.25) is 4.57 Å². The van der Waals surface area contributed by atoms with Crippen LogP contribution >= 0.6 is 11.6 Å². The van der Waals surface area contributed by atoms with Gasteiger partial charge in [-0.1, -0.05) is 11.6 Å². The largest absolute Gasteiger partial charge is 0.394 e. The Hall–Kier alpha value is -1.32. The highest BCUT2D eigenvalue weighted by Crippen LogP contribution is 2.33. The van der Waals surface area contributed by atoms with Gasteiger partial charge in [0.2, 0.25) is 0 Å². The summed E-state index contributed by atoms with van der Waals surface area (Å²) in [5.41, 5.74) is 0.914. The average molecular weight is 301 g/mol. The molecule has 0 unspecified atom stereocenters. The molecule has 0 aromatic carbocycles. The Labute approximate surface area is 118 Å². The minimum atomic E-state index is -0.940. The highest BCUT2D eigenvalue weighted by Gasteiger charge is 2.45. The maximum absolute atomic E-state index is 10.0. The smallest absolute Gasteiger partial charge is 0.167 e. The molecule has 0 saturated carbocycles. The van der Waals surface area contributed by atoms with Gasteiger partial charge in [0.05, 0.1) is 12.9 Å². The topological polar surface area (TPSA) is 103 Å². The molecule has 2 N–H and O–H groups in total. The third-order valence-corrected chi connectivity index (χ3v) is 3.63. The van der Waals surface area contributed by atoms with Crippen LogP contribution in [0.3, 0.4) is 0 Å². The first-order valence-electron chi connectivity index (χ1n) is 5.97. The SMILES string of the molecule is CO[C@H]1[C@H](O)[C@@H](CO)O[C@H]1n1cnc2c(Cl)ncnc21. The number of nitrogens with zero attached hydrogens (tertiary/aromatic N) is 4. The molecule has 3 rings (SSSR count). The average Bonchev–Trinajstić information content (AvgIpc) is 3.00. The van der Waals surface area contributed by atoms with Gasteiger partial charge >= 0.3 is 0 Å². The van der Waals surface area contributed by atoms with Crippen molar-refractivity contribution in [2.24, 2.45) is 0 Å². The number of aliphatic hydroxyl groups excluding tert-OH is 2. The summed E-state index contributed by atoms with van der Waals surface area (Å²) in [6.45, 7) is -0.306.